The Morgan fingerprint density at radius 3 is 1.73 bits per heavy atom. The van der Waals surface area contributed by atoms with E-state index in [-0.39, 0.29) is 11.8 Å². The number of methoxy groups -OCH3 is 2. The van der Waals surface area contributed by atoms with Crippen LogP contribution in [0.4, 0.5) is 0 Å². The fraction of sp³-hybridized carbons (Fsp3) is 0.235. The van der Waals surface area contributed by atoms with Crippen LogP contribution in [0.5, 0.6) is 23.0 Å². The molecule has 0 saturated carbocycles. The summed E-state index contributed by atoms with van der Waals surface area (Å²) in [6.07, 6.45) is 1.74. The molecule has 0 heterocycles. The van der Waals surface area contributed by atoms with Crippen molar-refractivity contribution in [1.29, 1.82) is 0 Å². The lowest BCUT2D eigenvalue weighted by Gasteiger charge is -2.23. The van der Waals surface area contributed by atoms with Crippen LogP contribution in [0.25, 0.3) is 0 Å². The van der Waals surface area contributed by atoms with E-state index in [0.717, 1.165) is 18.4 Å². The molecule has 0 saturated heterocycles. The lowest BCUT2D eigenvalue weighted by atomic mass is 9.82. The highest BCUT2D eigenvalue weighted by atomic mass is 16.5. The average molecular weight is 539 g/mol. The van der Waals surface area contributed by atoms with Gasteiger partial charge in [0.25, 0.3) is 0 Å². The predicted octanol–water partition coefficient (Wildman–Crippen LogP) is 7.83. The van der Waals surface area contributed by atoms with Gasteiger partial charge in [-0.05, 0) is 103 Å². The molecule has 0 radical (unpaired) electrons. The maximum absolute atomic E-state index is 13.4. The zero-order chi connectivity index (χ0) is 28.5. The summed E-state index contributed by atoms with van der Waals surface area (Å²) in [4.78, 5) is 26.5. The molecule has 0 spiro atoms. The Labute approximate surface area is 235 Å². The first-order chi connectivity index (χ1) is 19.4. The van der Waals surface area contributed by atoms with E-state index in [2.05, 4.69) is 26.0 Å². The van der Waals surface area contributed by atoms with Crippen molar-refractivity contribution < 1.29 is 28.5 Å². The fourth-order valence-corrected chi connectivity index (χ4v) is 4.72. The quantitative estimate of drug-likeness (QED) is 0.143. The molecule has 0 aliphatic heterocycles. The minimum atomic E-state index is -0.510. The Morgan fingerprint density at radius 1 is 0.675 bits per heavy atom. The van der Waals surface area contributed by atoms with E-state index in [1.807, 2.05) is 18.2 Å². The summed E-state index contributed by atoms with van der Waals surface area (Å²) in [5, 5.41) is 0. The first-order valence-electron chi connectivity index (χ1n) is 13.3. The Balaban J connectivity index is 1.63. The van der Waals surface area contributed by atoms with Crippen LogP contribution in [-0.4, -0.2) is 26.2 Å². The van der Waals surface area contributed by atoms with E-state index in [4.69, 9.17) is 18.9 Å². The average Bonchev–Trinajstić information content (AvgIpc) is 3.00. The van der Waals surface area contributed by atoms with E-state index in [9.17, 15) is 9.59 Å². The van der Waals surface area contributed by atoms with Crippen LogP contribution >= 0.6 is 0 Å². The number of ether oxygens (including phenoxy) is 4. The van der Waals surface area contributed by atoms with Gasteiger partial charge in [-0.25, -0.2) is 9.59 Å². The topological polar surface area (TPSA) is 71.1 Å². The molecular weight excluding hydrogens is 504 g/mol. The van der Waals surface area contributed by atoms with Gasteiger partial charge in [0.1, 0.15) is 23.0 Å². The molecule has 0 bridgehead atoms. The second-order valence-electron chi connectivity index (χ2n) is 9.58. The van der Waals surface area contributed by atoms with Crippen LogP contribution in [0.3, 0.4) is 0 Å². The van der Waals surface area contributed by atoms with Gasteiger partial charge in [-0.15, -0.1) is 0 Å². The molecule has 0 amide bonds. The summed E-state index contributed by atoms with van der Waals surface area (Å²) in [5.41, 5.74) is 2.74. The third-order valence-electron chi connectivity index (χ3n) is 6.98. The van der Waals surface area contributed by atoms with Crippen LogP contribution in [0, 0.1) is 0 Å². The van der Waals surface area contributed by atoms with Gasteiger partial charge < -0.3 is 18.9 Å². The van der Waals surface area contributed by atoms with Gasteiger partial charge >= 0.3 is 11.9 Å². The van der Waals surface area contributed by atoms with Crippen molar-refractivity contribution in [3.63, 3.8) is 0 Å². The number of esters is 2. The third kappa shape index (κ3) is 7.08. The van der Waals surface area contributed by atoms with Gasteiger partial charge in [-0.3, -0.25) is 0 Å². The van der Waals surface area contributed by atoms with Crippen molar-refractivity contribution in [1.82, 2.24) is 0 Å². The first kappa shape index (κ1) is 28.4. The van der Waals surface area contributed by atoms with Crippen LogP contribution < -0.4 is 18.9 Å². The van der Waals surface area contributed by atoms with Gasteiger partial charge in [-0.2, -0.15) is 0 Å². The van der Waals surface area contributed by atoms with Gasteiger partial charge in [-0.1, -0.05) is 44.2 Å². The number of benzene rings is 4. The SMILES string of the molecule is CCC(CC(C)c1cc(C(=O)Oc2ccc(OC)cc2)ccc1C(=O)Oc1ccc(OC)cc1)c1ccccc1. The van der Waals surface area contributed by atoms with E-state index in [1.54, 1.807) is 80.9 Å². The largest absolute Gasteiger partial charge is 0.497 e. The molecule has 0 aromatic heterocycles. The third-order valence-corrected chi connectivity index (χ3v) is 6.98. The maximum Gasteiger partial charge on any atom is 0.343 e. The number of hydrogen-bond acceptors (Lipinski definition) is 6. The van der Waals surface area contributed by atoms with Gasteiger partial charge in [0.2, 0.25) is 0 Å². The van der Waals surface area contributed by atoms with E-state index in [1.165, 1.54) is 5.56 Å². The summed E-state index contributed by atoms with van der Waals surface area (Å²) in [7, 11) is 3.15. The van der Waals surface area contributed by atoms with Gasteiger partial charge in [0.05, 0.1) is 25.3 Å². The van der Waals surface area contributed by atoms with Crippen LogP contribution in [-0.2, 0) is 0 Å². The number of hydrogen-bond donors (Lipinski definition) is 0. The Bertz CT molecular complexity index is 1410. The highest BCUT2D eigenvalue weighted by molar-refractivity contribution is 5.96. The molecule has 0 N–H and O–H groups in total. The molecular formula is C34H34O6. The molecule has 2 atom stereocenters. The van der Waals surface area contributed by atoms with Crippen LogP contribution in [0.1, 0.15) is 70.4 Å². The molecule has 2 unspecified atom stereocenters. The molecule has 4 aromatic carbocycles. The van der Waals surface area contributed by atoms with Crippen molar-refractivity contribution in [3.8, 4) is 23.0 Å². The zero-order valence-corrected chi connectivity index (χ0v) is 23.3. The van der Waals surface area contributed by atoms with Crippen molar-refractivity contribution in [3.05, 3.63) is 119 Å². The molecule has 0 aliphatic rings. The smallest absolute Gasteiger partial charge is 0.343 e. The summed E-state index contributed by atoms with van der Waals surface area (Å²) < 4.78 is 21.7. The normalized spacial score (nSPS) is 12.2. The van der Waals surface area contributed by atoms with Gasteiger partial charge in [0.15, 0.2) is 0 Å². The first-order valence-corrected chi connectivity index (χ1v) is 13.3. The summed E-state index contributed by atoms with van der Waals surface area (Å²) in [5.74, 6) is 1.38. The lowest BCUT2D eigenvalue weighted by Crippen LogP contribution is -2.16. The predicted molar refractivity (Wildman–Crippen MR) is 155 cm³/mol. The number of carbonyl (C=O) groups is 2. The minimum Gasteiger partial charge on any atom is -0.497 e. The molecule has 40 heavy (non-hydrogen) atoms. The highest BCUT2D eigenvalue weighted by Crippen LogP contribution is 2.34. The van der Waals surface area contributed by atoms with Crippen molar-refractivity contribution in [2.45, 2.75) is 38.5 Å². The molecule has 6 nitrogen and oxygen atoms in total. The minimum absolute atomic E-state index is 0.0442. The summed E-state index contributed by atoms with van der Waals surface area (Å²) >= 11 is 0. The van der Waals surface area contributed by atoms with Crippen molar-refractivity contribution in [2.75, 3.05) is 14.2 Å². The number of carbonyl (C=O) groups excluding carboxylic acids is 2. The maximum atomic E-state index is 13.4. The van der Waals surface area contributed by atoms with Crippen LogP contribution in [0.15, 0.2) is 97.1 Å². The standard InChI is InChI=1S/C34H34O6/c1-5-24(25-9-7-6-8-10-25)21-23(2)32-22-26(33(35)39-29-16-12-27(37-3)13-17-29)11-20-31(32)34(36)40-30-18-14-28(38-4)15-19-30/h6-20,22-24H,5,21H2,1-4H3. The molecule has 0 aliphatic carbocycles. The summed E-state index contributed by atoms with van der Waals surface area (Å²) in [6, 6.07) is 29.0. The molecule has 6 heteroatoms. The monoisotopic (exact) mass is 538 g/mol. The molecule has 206 valence electrons. The Morgan fingerprint density at radius 2 is 1.20 bits per heavy atom. The number of rotatable bonds is 11. The van der Waals surface area contributed by atoms with E-state index < -0.39 is 11.9 Å². The second-order valence-corrected chi connectivity index (χ2v) is 9.58. The van der Waals surface area contributed by atoms with Crippen LogP contribution in [0.2, 0.25) is 0 Å². The fourth-order valence-electron chi connectivity index (χ4n) is 4.72. The van der Waals surface area contributed by atoms with Crippen molar-refractivity contribution >= 4 is 11.9 Å². The molecule has 4 rings (SSSR count). The van der Waals surface area contributed by atoms with Gasteiger partial charge in [0, 0.05) is 0 Å². The second kappa shape index (κ2) is 13.5. The summed E-state index contributed by atoms with van der Waals surface area (Å²) in [6.45, 7) is 4.23. The van der Waals surface area contributed by atoms with E-state index in [0.29, 0.717) is 34.1 Å². The highest BCUT2D eigenvalue weighted by Gasteiger charge is 2.24. The van der Waals surface area contributed by atoms with Crippen molar-refractivity contribution in [2.24, 2.45) is 0 Å². The van der Waals surface area contributed by atoms with E-state index >= 15 is 0 Å². The zero-order valence-electron chi connectivity index (χ0n) is 23.3. The molecule has 0 fully saturated rings. The Hall–Kier alpha value is -4.58. The molecule has 4 aromatic rings. The lowest BCUT2D eigenvalue weighted by molar-refractivity contribution is 0.0719. The Kier molecular flexibility index (Phi) is 9.57.